The van der Waals surface area contributed by atoms with Gasteiger partial charge in [0.15, 0.2) is 0 Å². The van der Waals surface area contributed by atoms with Gasteiger partial charge in [-0.25, -0.2) is 4.98 Å². The topological polar surface area (TPSA) is 81.8 Å². The van der Waals surface area contributed by atoms with Crippen LogP contribution in [-0.2, 0) is 0 Å². The van der Waals surface area contributed by atoms with E-state index in [4.69, 9.17) is 0 Å². The number of amides is 1. The van der Waals surface area contributed by atoms with E-state index in [9.17, 15) is 9.59 Å². The lowest BCUT2D eigenvalue weighted by molar-refractivity contribution is 0.0713. The zero-order chi connectivity index (χ0) is 20.0. The molecular weight excluding hydrogens is 364 g/mol. The van der Waals surface area contributed by atoms with E-state index in [-0.39, 0.29) is 11.5 Å². The molecule has 3 heterocycles. The fourth-order valence-corrected chi connectivity index (χ4v) is 4.40. The van der Waals surface area contributed by atoms with Gasteiger partial charge in [-0.1, -0.05) is 18.2 Å². The first-order chi connectivity index (χ1) is 14.1. The van der Waals surface area contributed by atoms with Crippen molar-refractivity contribution in [3.05, 3.63) is 76.0 Å². The van der Waals surface area contributed by atoms with E-state index in [0.29, 0.717) is 28.2 Å². The average Bonchev–Trinajstić information content (AvgIpc) is 3.17. The van der Waals surface area contributed by atoms with Crippen LogP contribution in [0.15, 0.2) is 53.5 Å². The summed E-state index contributed by atoms with van der Waals surface area (Å²) in [7, 11) is 0. The number of benzene rings is 2. The lowest BCUT2D eigenvalue weighted by Crippen LogP contribution is -2.37. The highest BCUT2D eigenvalue weighted by Gasteiger charge is 2.26. The first-order valence-electron chi connectivity index (χ1n) is 9.96. The van der Waals surface area contributed by atoms with Crippen LogP contribution >= 0.6 is 0 Å². The number of para-hydroxylation sites is 1. The summed E-state index contributed by atoms with van der Waals surface area (Å²) in [6, 6.07) is 13.5. The molecule has 0 bridgehead atoms. The first kappa shape index (κ1) is 17.7. The van der Waals surface area contributed by atoms with Crippen LogP contribution < -0.4 is 5.56 Å². The number of aromatic nitrogens is 3. The Labute approximate surface area is 167 Å². The molecule has 0 aliphatic carbocycles. The predicted octanol–water partition coefficient (Wildman–Crippen LogP) is 3.73. The molecule has 0 unspecified atom stereocenters. The van der Waals surface area contributed by atoms with Crippen molar-refractivity contribution in [1.29, 1.82) is 0 Å². The molecule has 1 saturated heterocycles. The van der Waals surface area contributed by atoms with E-state index in [2.05, 4.69) is 39.3 Å². The van der Waals surface area contributed by atoms with Crippen LogP contribution in [0.3, 0.4) is 0 Å². The molecule has 1 amide bonds. The Balaban J connectivity index is 1.35. The van der Waals surface area contributed by atoms with Gasteiger partial charge in [-0.2, -0.15) is 0 Å². The van der Waals surface area contributed by atoms with Crippen molar-refractivity contribution >= 4 is 27.7 Å². The molecule has 2 N–H and O–H groups in total. The lowest BCUT2D eigenvalue weighted by atomic mass is 9.89. The Morgan fingerprint density at radius 2 is 1.90 bits per heavy atom. The number of likely N-dealkylation sites (tertiary alicyclic amines) is 1. The fraction of sp³-hybridized carbons (Fsp3) is 0.261. The molecule has 2 aromatic heterocycles. The summed E-state index contributed by atoms with van der Waals surface area (Å²) in [5.74, 6) is 1.00. The summed E-state index contributed by atoms with van der Waals surface area (Å²) in [5, 5.41) is 1.78. The van der Waals surface area contributed by atoms with Gasteiger partial charge >= 0.3 is 0 Å². The number of fused-ring (bicyclic) bond motifs is 2. The van der Waals surface area contributed by atoms with Crippen LogP contribution in [0, 0.1) is 6.92 Å². The summed E-state index contributed by atoms with van der Waals surface area (Å²) in [6.45, 7) is 3.19. The van der Waals surface area contributed by atoms with Crippen molar-refractivity contribution < 1.29 is 4.79 Å². The van der Waals surface area contributed by atoms with E-state index in [0.717, 1.165) is 31.4 Å². The average molecular weight is 386 g/mol. The predicted molar refractivity (Wildman–Crippen MR) is 113 cm³/mol. The monoisotopic (exact) mass is 386 g/mol. The second-order valence-electron chi connectivity index (χ2n) is 7.74. The van der Waals surface area contributed by atoms with Gasteiger partial charge in [-0.05, 0) is 55.5 Å². The van der Waals surface area contributed by atoms with Crippen molar-refractivity contribution in [2.24, 2.45) is 0 Å². The molecule has 0 saturated carbocycles. The number of carbonyl (C=O) groups is 1. The van der Waals surface area contributed by atoms with Gasteiger partial charge in [0.1, 0.15) is 5.82 Å². The van der Waals surface area contributed by atoms with Crippen LogP contribution in [0.2, 0.25) is 0 Å². The van der Waals surface area contributed by atoms with Crippen LogP contribution in [0.1, 0.15) is 40.5 Å². The number of nitrogens with zero attached hydrogens (tertiary/aromatic N) is 2. The first-order valence-corrected chi connectivity index (χ1v) is 9.96. The quantitative estimate of drug-likeness (QED) is 0.551. The molecule has 5 rings (SSSR count). The number of nitrogens with one attached hydrogen (secondary N) is 2. The van der Waals surface area contributed by atoms with E-state index >= 15 is 0 Å². The highest BCUT2D eigenvalue weighted by atomic mass is 16.2. The number of H-pyrrole nitrogens is 2. The molecule has 146 valence electrons. The highest BCUT2D eigenvalue weighted by Crippen LogP contribution is 2.33. The Bertz CT molecular complexity index is 1280. The molecule has 1 aliphatic rings. The third-order valence-corrected chi connectivity index (χ3v) is 5.92. The van der Waals surface area contributed by atoms with E-state index in [1.165, 1.54) is 10.9 Å². The summed E-state index contributed by atoms with van der Waals surface area (Å²) >= 11 is 0. The molecule has 0 atom stereocenters. The summed E-state index contributed by atoms with van der Waals surface area (Å²) < 4.78 is 0. The molecule has 1 fully saturated rings. The molecule has 29 heavy (non-hydrogen) atoms. The maximum absolute atomic E-state index is 13.0. The fourth-order valence-electron chi connectivity index (χ4n) is 4.40. The second-order valence-corrected chi connectivity index (χ2v) is 7.74. The molecule has 6 nitrogen and oxygen atoms in total. The van der Waals surface area contributed by atoms with Gasteiger partial charge in [0.25, 0.3) is 11.5 Å². The van der Waals surface area contributed by atoms with Gasteiger partial charge in [-0.15, -0.1) is 0 Å². The molecule has 1 aliphatic heterocycles. The molecule has 0 radical (unpaired) electrons. The SMILES string of the molecule is Cc1nc2cc(C(=O)N3CCC(c4c[nH]c5ccccc45)CC3)ccc2c(=O)[nH]1. The molecular formula is C23H22N4O2. The number of aromatic amines is 2. The Morgan fingerprint density at radius 1 is 1.10 bits per heavy atom. The Morgan fingerprint density at radius 3 is 2.72 bits per heavy atom. The number of carbonyl (C=O) groups excluding carboxylic acids is 1. The molecule has 0 spiro atoms. The van der Waals surface area contributed by atoms with Crippen LogP contribution in [0.25, 0.3) is 21.8 Å². The zero-order valence-electron chi connectivity index (χ0n) is 16.2. The minimum Gasteiger partial charge on any atom is -0.361 e. The van der Waals surface area contributed by atoms with E-state index in [1.807, 2.05) is 11.0 Å². The third kappa shape index (κ3) is 3.10. The van der Waals surface area contributed by atoms with Crippen molar-refractivity contribution in [2.45, 2.75) is 25.7 Å². The Hall–Kier alpha value is -3.41. The standard InChI is InChI=1S/C23H22N4O2/c1-14-25-21-12-16(6-7-18(21)22(28)26-14)23(29)27-10-8-15(9-11-27)19-13-24-20-5-3-2-4-17(19)20/h2-7,12-13,15,24H,8-11H2,1H3,(H,25,26,28). The largest absolute Gasteiger partial charge is 0.361 e. The van der Waals surface area contributed by atoms with Gasteiger partial charge in [0, 0.05) is 35.8 Å². The van der Waals surface area contributed by atoms with Gasteiger partial charge < -0.3 is 14.9 Å². The number of hydrogen-bond donors (Lipinski definition) is 2. The number of hydrogen-bond acceptors (Lipinski definition) is 3. The smallest absolute Gasteiger partial charge is 0.258 e. The molecule has 4 aromatic rings. The third-order valence-electron chi connectivity index (χ3n) is 5.92. The second kappa shape index (κ2) is 6.88. The number of rotatable bonds is 2. The normalized spacial score (nSPS) is 15.3. The van der Waals surface area contributed by atoms with Gasteiger partial charge in [-0.3, -0.25) is 9.59 Å². The number of aryl methyl sites for hydroxylation is 1. The van der Waals surface area contributed by atoms with Crippen molar-refractivity contribution in [3.8, 4) is 0 Å². The van der Waals surface area contributed by atoms with Crippen molar-refractivity contribution in [3.63, 3.8) is 0 Å². The Kier molecular flexibility index (Phi) is 4.19. The summed E-state index contributed by atoms with van der Waals surface area (Å²) in [6.07, 6.45) is 4.00. The van der Waals surface area contributed by atoms with Gasteiger partial charge in [0.05, 0.1) is 10.9 Å². The molecule has 6 heteroatoms. The zero-order valence-corrected chi connectivity index (χ0v) is 16.2. The lowest BCUT2D eigenvalue weighted by Gasteiger charge is -2.32. The maximum atomic E-state index is 13.0. The summed E-state index contributed by atoms with van der Waals surface area (Å²) in [5.41, 5.74) is 3.48. The highest BCUT2D eigenvalue weighted by molar-refractivity contribution is 5.97. The van der Waals surface area contributed by atoms with Crippen molar-refractivity contribution in [1.82, 2.24) is 19.9 Å². The van der Waals surface area contributed by atoms with Crippen LogP contribution in [-0.4, -0.2) is 38.8 Å². The minimum atomic E-state index is -0.175. The number of piperidine rings is 1. The van der Waals surface area contributed by atoms with Crippen molar-refractivity contribution in [2.75, 3.05) is 13.1 Å². The minimum absolute atomic E-state index is 0.00371. The molecule has 2 aromatic carbocycles. The van der Waals surface area contributed by atoms with Gasteiger partial charge in [0.2, 0.25) is 0 Å². The summed E-state index contributed by atoms with van der Waals surface area (Å²) in [4.78, 5) is 37.4. The maximum Gasteiger partial charge on any atom is 0.258 e. The van der Waals surface area contributed by atoms with Crippen LogP contribution in [0.4, 0.5) is 0 Å². The van der Waals surface area contributed by atoms with E-state index < -0.39 is 0 Å². The van der Waals surface area contributed by atoms with E-state index in [1.54, 1.807) is 25.1 Å². The van der Waals surface area contributed by atoms with Crippen LogP contribution in [0.5, 0.6) is 0 Å².